The highest BCUT2D eigenvalue weighted by molar-refractivity contribution is 7.46. The number of phosphoric acid groups is 1. The molecule has 1 aliphatic rings. The Hall–Kier alpha value is -2.44. The molecule has 0 spiro atoms. The van der Waals surface area contributed by atoms with Crippen LogP contribution in [0.15, 0.2) is 47.4 Å². The summed E-state index contributed by atoms with van der Waals surface area (Å²) < 4.78 is 21.2. The summed E-state index contributed by atoms with van der Waals surface area (Å²) in [5.41, 5.74) is -0.521. The third kappa shape index (κ3) is 5.14. The molecule has 13 heteroatoms. The van der Waals surface area contributed by atoms with Crippen molar-refractivity contribution in [1.29, 1.82) is 0 Å². The molecule has 1 aliphatic heterocycles. The summed E-state index contributed by atoms with van der Waals surface area (Å²) in [5.74, 6) is -0.507. The van der Waals surface area contributed by atoms with E-state index in [1.807, 2.05) is 0 Å². The molecule has 1 aromatic carbocycles. The topological polar surface area (TPSA) is 180 Å². The van der Waals surface area contributed by atoms with Gasteiger partial charge < -0.3 is 30.1 Å². The van der Waals surface area contributed by atoms with Crippen LogP contribution in [0.5, 0.6) is 0 Å². The highest BCUT2D eigenvalue weighted by Crippen LogP contribution is 2.38. The fraction of sp³-hybridized carbons (Fsp3) is 0.312. The second-order valence-corrected chi connectivity index (χ2v) is 7.39. The summed E-state index contributed by atoms with van der Waals surface area (Å²) in [7, 11) is -4.81. The highest BCUT2D eigenvalue weighted by atomic mass is 31.2. The molecule has 0 unspecified atom stereocenters. The van der Waals surface area contributed by atoms with E-state index in [0.717, 1.165) is 4.57 Å². The number of carbonyl (C=O) groups is 1. The van der Waals surface area contributed by atoms with Crippen LogP contribution in [-0.2, 0) is 13.8 Å². The van der Waals surface area contributed by atoms with Crippen molar-refractivity contribution in [2.75, 3.05) is 11.9 Å². The number of hydrogen-bond donors (Lipinski definition) is 5. The first kappa shape index (κ1) is 21.3. The van der Waals surface area contributed by atoms with Crippen molar-refractivity contribution < 1.29 is 38.6 Å². The third-order valence-electron chi connectivity index (χ3n) is 4.13. The second-order valence-electron chi connectivity index (χ2n) is 6.16. The Kier molecular flexibility index (Phi) is 6.24. The van der Waals surface area contributed by atoms with E-state index in [9.17, 15) is 24.4 Å². The van der Waals surface area contributed by atoms with Gasteiger partial charge >= 0.3 is 13.5 Å². The lowest BCUT2D eigenvalue weighted by Gasteiger charge is -2.17. The molecular formula is C16H18N3O9P. The molecule has 1 aromatic heterocycles. The summed E-state index contributed by atoms with van der Waals surface area (Å²) in [5, 5.41) is 22.6. The lowest BCUT2D eigenvalue weighted by molar-refractivity contribution is -0.0542. The van der Waals surface area contributed by atoms with Crippen LogP contribution in [0.1, 0.15) is 16.6 Å². The van der Waals surface area contributed by atoms with Crippen LogP contribution in [0, 0.1) is 0 Å². The van der Waals surface area contributed by atoms with Gasteiger partial charge in [-0.15, -0.1) is 0 Å². The van der Waals surface area contributed by atoms with E-state index in [0.29, 0.717) is 5.56 Å². The number of aromatic nitrogens is 2. The Morgan fingerprint density at radius 1 is 1.21 bits per heavy atom. The molecule has 0 bridgehead atoms. The molecule has 156 valence electrons. The number of amides is 1. The maximum Gasteiger partial charge on any atom is 0.469 e. The molecule has 29 heavy (non-hydrogen) atoms. The fourth-order valence-electron chi connectivity index (χ4n) is 2.72. The van der Waals surface area contributed by atoms with Gasteiger partial charge in [-0.2, -0.15) is 4.98 Å². The summed E-state index contributed by atoms with van der Waals surface area (Å²) in [6.45, 7) is -0.702. The van der Waals surface area contributed by atoms with Gasteiger partial charge in [-0.3, -0.25) is 13.9 Å². The van der Waals surface area contributed by atoms with Crippen molar-refractivity contribution in [3.8, 4) is 0 Å². The molecule has 0 radical (unpaired) electrons. The number of nitrogens with one attached hydrogen (secondary N) is 1. The highest BCUT2D eigenvalue weighted by Gasteiger charge is 2.45. The largest absolute Gasteiger partial charge is 0.469 e. The molecule has 1 saturated heterocycles. The van der Waals surface area contributed by atoms with Gasteiger partial charge in [0.2, 0.25) is 0 Å². The predicted octanol–water partition coefficient (Wildman–Crippen LogP) is -0.776. The zero-order valence-corrected chi connectivity index (χ0v) is 15.6. The molecule has 2 heterocycles. The van der Waals surface area contributed by atoms with Crippen LogP contribution in [0.2, 0.25) is 0 Å². The first-order valence-electron chi connectivity index (χ1n) is 8.33. The number of aliphatic hydroxyl groups is 2. The number of hydrogen-bond acceptors (Lipinski definition) is 8. The zero-order chi connectivity index (χ0) is 21.2. The Morgan fingerprint density at radius 3 is 2.52 bits per heavy atom. The van der Waals surface area contributed by atoms with E-state index in [1.54, 1.807) is 30.3 Å². The van der Waals surface area contributed by atoms with Crippen LogP contribution in [0.4, 0.5) is 5.82 Å². The third-order valence-corrected chi connectivity index (χ3v) is 4.61. The standard InChI is InChI=1S/C16H18N3O9P/c20-12-10(8-27-29(24,25)26)28-15(13(12)21)19-7-6-11(18-16(19)23)17-14(22)9-4-2-1-3-5-9/h1-7,10,12-13,15,20-21H,8H2,(H2,24,25,26)(H,17,18,22,23)/t10-,12-,13-,15-/m1/s1. The SMILES string of the molecule is O=C(Nc1ccn([C@@H]2O[C@H](COP(=O)(O)O)[C@@H](O)[C@H]2O)c(=O)n1)c1ccccc1. The van der Waals surface area contributed by atoms with Gasteiger partial charge in [0.25, 0.3) is 5.91 Å². The van der Waals surface area contributed by atoms with Gasteiger partial charge in [0.15, 0.2) is 6.23 Å². The smallest absolute Gasteiger partial charge is 0.387 e. The van der Waals surface area contributed by atoms with Gasteiger partial charge in [0, 0.05) is 11.8 Å². The minimum absolute atomic E-state index is 0.0329. The molecule has 1 amide bonds. The number of anilines is 1. The first-order valence-corrected chi connectivity index (χ1v) is 9.86. The minimum atomic E-state index is -4.81. The van der Waals surface area contributed by atoms with Crippen LogP contribution < -0.4 is 11.0 Å². The van der Waals surface area contributed by atoms with Crippen LogP contribution in [-0.4, -0.2) is 60.4 Å². The number of aliphatic hydroxyl groups excluding tert-OH is 2. The number of rotatable bonds is 6. The van der Waals surface area contributed by atoms with Crippen molar-refractivity contribution in [3.63, 3.8) is 0 Å². The molecule has 0 saturated carbocycles. The lowest BCUT2D eigenvalue weighted by atomic mass is 10.1. The molecule has 3 rings (SSSR count). The average Bonchev–Trinajstić information content (AvgIpc) is 2.95. The van der Waals surface area contributed by atoms with Gasteiger partial charge in [-0.05, 0) is 18.2 Å². The van der Waals surface area contributed by atoms with Crippen molar-refractivity contribution in [2.45, 2.75) is 24.5 Å². The Balaban J connectivity index is 1.72. The zero-order valence-electron chi connectivity index (χ0n) is 14.7. The number of benzene rings is 1. The number of nitrogens with zero attached hydrogens (tertiary/aromatic N) is 2. The van der Waals surface area contributed by atoms with Gasteiger partial charge in [-0.1, -0.05) is 18.2 Å². The van der Waals surface area contributed by atoms with E-state index in [2.05, 4.69) is 14.8 Å². The van der Waals surface area contributed by atoms with Crippen molar-refractivity contribution in [3.05, 3.63) is 58.6 Å². The van der Waals surface area contributed by atoms with E-state index in [4.69, 9.17) is 14.5 Å². The average molecular weight is 427 g/mol. The van der Waals surface area contributed by atoms with E-state index < -0.39 is 50.6 Å². The van der Waals surface area contributed by atoms with E-state index in [-0.39, 0.29) is 5.82 Å². The van der Waals surface area contributed by atoms with Gasteiger partial charge in [-0.25, -0.2) is 9.36 Å². The predicted molar refractivity (Wildman–Crippen MR) is 96.8 cm³/mol. The number of carbonyl (C=O) groups excluding carboxylic acids is 1. The molecule has 4 atom stereocenters. The van der Waals surface area contributed by atoms with Gasteiger partial charge in [0.1, 0.15) is 24.1 Å². The summed E-state index contributed by atoms with van der Waals surface area (Å²) in [4.78, 5) is 45.6. The molecule has 5 N–H and O–H groups in total. The van der Waals surface area contributed by atoms with Crippen molar-refractivity contribution >= 4 is 19.5 Å². The molecule has 12 nitrogen and oxygen atoms in total. The fourth-order valence-corrected chi connectivity index (χ4v) is 3.06. The van der Waals surface area contributed by atoms with Crippen LogP contribution in [0.3, 0.4) is 0 Å². The van der Waals surface area contributed by atoms with Crippen molar-refractivity contribution in [2.24, 2.45) is 0 Å². The minimum Gasteiger partial charge on any atom is -0.387 e. The Morgan fingerprint density at radius 2 is 1.90 bits per heavy atom. The van der Waals surface area contributed by atoms with Gasteiger partial charge in [0.05, 0.1) is 6.61 Å². The monoisotopic (exact) mass is 427 g/mol. The lowest BCUT2D eigenvalue weighted by Crippen LogP contribution is -2.36. The van der Waals surface area contributed by atoms with E-state index >= 15 is 0 Å². The molecular weight excluding hydrogens is 409 g/mol. The quantitative estimate of drug-likeness (QED) is 0.367. The number of phosphoric ester groups is 1. The maximum atomic E-state index is 12.3. The molecule has 0 aliphatic carbocycles. The van der Waals surface area contributed by atoms with Crippen LogP contribution >= 0.6 is 7.82 Å². The normalized spacial score (nSPS) is 24.4. The Labute approximate surface area is 163 Å². The molecule has 1 fully saturated rings. The van der Waals surface area contributed by atoms with Crippen molar-refractivity contribution in [1.82, 2.24) is 9.55 Å². The summed E-state index contributed by atoms with van der Waals surface area (Å²) >= 11 is 0. The molecule has 2 aromatic rings. The van der Waals surface area contributed by atoms with E-state index in [1.165, 1.54) is 12.3 Å². The van der Waals surface area contributed by atoms with Crippen LogP contribution in [0.25, 0.3) is 0 Å². The number of ether oxygens (including phenoxy) is 1. The summed E-state index contributed by atoms with van der Waals surface area (Å²) in [6.07, 6.45) is -4.59. The maximum absolute atomic E-state index is 12.3. The Bertz CT molecular complexity index is 977. The first-order chi connectivity index (χ1) is 13.7. The summed E-state index contributed by atoms with van der Waals surface area (Å²) in [6, 6.07) is 9.56. The second kappa shape index (κ2) is 8.51.